The summed E-state index contributed by atoms with van der Waals surface area (Å²) >= 11 is 4.49. The van der Waals surface area contributed by atoms with E-state index in [9.17, 15) is 19.7 Å². The van der Waals surface area contributed by atoms with E-state index in [1.165, 1.54) is 19.4 Å². The highest BCUT2D eigenvalue weighted by Gasteiger charge is 2.49. The highest BCUT2D eigenvalue weighted by atomic mass is 32.5. The van der Waals surface area contributed by atoms with Crippen LogP contribution in [0.1, 0.15) is 6.23 Å². The van der Waals surface area contributed by atoms with Gasteiger partial charge < -0.3 is 34.8 Å². The lowest BCUT2D eigenvalue weighted by Crippen LogP contribution is -2.40. The molecule has 0 spiro atoms. The molecule has 0 aromatic carbocycles. The van der Waals surface area contributed by atoms with E-state index in [1.54, 1.807) is 0 Å². The summed E-state index contributed by atoms with van der Waals surface area (Å²) in [4.78, 5) is 34.6. The fourth-order valence-electron chi connectivity index (χ4n) is 2.43. The summed E-state index contributed by atoms with van der Waals surface area (Å²) in [6.45, 7) is -4.24. The lowest BCUT2D eigenvalue weighted by Gasteiger charge is -2.26. The van der Waals surface area contributed by atoms with E-state index in [4.69, 9.17) is 24.5 Å². The molecule has 5 N–H and O–H groups in total. The van der Waals surface area contributed by atoms with Gasteiger partial charge in [-0.1, -0.05) is 0 Å². The number of nitrogen functional groups attached to an aromatic ring is 1. The van der Waals surface area contributed by atoms with E-state index < -0.39 is 43.6 Å². The third-order valence-corrected chi connectivity index (χ3v) is 4.22. The second-order valence-electron chi connectivity index (χ2n) is 5.18. The number of anilines is 1. The van der Waals surface area contributed by atoms with Crippen molar-refractivity contribution in [2.75, 3.05) is 32.7 Å². The van der Waals surface area contributed by atoms with Gasteiger partial charge in [0.15, 0.2) is 6.23 Å². The molecule has 2 heterocycles. The molecule has 1 aromatic rings. The minimum atomic E-state index is -4.07. The van der Waals surface area contributed by atoms with Gasteiger partial charge in [0.05, 0.1) is 19.8 Å². The molecular weight excluding hydrogens is 377 g/mol. The number of aromatic nitrogens is 2. The summed E-state index contributed by atoms with van der Waals surface area (Å²) in [5.74, 6) is 0.0313. The molecule has 25 heavy (non-hydrogen) atoms. The van der Waals surface area contributed by atoms with E-state index in [1.807, 2.05) is 0 Å². The van der Waals surface area contributed by atoms with E-state index >= 15 is 0 Å². The molecule has 1 aliphatic heterocycles. The van der Waals surface area contributed by atoms with Gasteiger partial charge in [0, 0.05) is 13.3 Å². The molecule has 1 aromatic heterocycles. The molecule has 0 saturated carbocycles. The van der Waals surface area contributed by atoms with Crippen LogP contribution in [0, 0.1) is 0 Å². The van der Waals surface area contributed by atoms with Gasteiger partial charge in [-0.05, 0) is 17.9 Å². The first-order valence-electron chi connectivity index (χ1n) is 7.22. The topological polar surface area (TPSA) is 159 Å². The van der Waals surface area contributed by atoms with Crippen molar-refractivity contribution in [2.24, 2.45) is 0 Å². The first kappa shape index (κ1) is 20.4. The van der Waals surface area contributed by atoms with Crippen LogP contribution in [0.25, 0.3) is 0 Å². The molecule has 13 heteroatoms. The third kappa shape index (κ3) is 5.26. The Morgan fingerprint density at radius 1 is 1.44 bits per heavy atom. The number of rotatable bonds is 8. The summed E-state index contributed by atoms with van der Waals surface area (Å²) in [5, 5.41) is 9.51. The average molecular weight is 397 g/mol. The van der Waals surface area contributed by atoms with Gasteiger partial charge in [0.25, 0.3) is 0 Å². The van der Waals surface area contributed by atoms with Gasteiger partial charge in [-0.2, -0.15) is 4.98 Å². The van der Waals surface area contributed by atoms with E-state index in [2.05, 4.69) is 16.8 Å². The Labute approximate surface area is 148 Å². The zero-order chi connectivity index (χ0) is 18.6. The fourth-order valence-corrected chi connectivity index (χ4v) is 3.30. The number of methoxy groups -OCH3 is 1. The predicted octanol–water partition coefficient (Wildman–Crippen LogP) is -1.66. The molecule has 2 rings (SSSR count). The van der Waals surface area contributed by atoms with Crippen molar-refractivity contribution < 1.29 is 33.6 Å². The Kier molecular flexibility index (Phi) is 7.02. The fraction of sp³-hybridized carbons (Fsp3) is 0.667. The maximum absolute atomic E-state index is 12.1. The minimum Gasteiger partial charge on any atom is -0.394 e. The summed E-state index contributed by atoms with van der Waals surface area (Å²) in [5.41, 5.74) is 4.77. The Morgan fingerprint density at radius 2 is 2.16 bits per heavy atom. The van der Waals surface area contributed by atoms with Gasteiger partial charge in [0.1, 0.15) is 24.1 Å². The first-order valence-corrected chi connectivity index (χ1v) is 9.85. The van der Waals surface area contributed by atoms with Crippen LogP contribution in [0.4, 0.5) is 5.82 Å². The van der Waals surface area contributed by atoms with Gasteiger partial charge in [0.2, 0.25) is 0 Å². The Bertz CT molecular complexity index is 683. The van der Waals surface area contributed by atoms with Gasteiger partial charge in [-0.3, -0.25) is 9.09 Å². The lowest BCUT2D eigenvalue weighted by molar-refractivity contribution is -0.0811. The molecule has 1 aliphatic rings. The van der Waals surface area contributed by atoms with E-state index in [0.717, 1.165) is 4.57 Å². The van der Waals surface area contributed by atoms with Crippen LogP contribution in [0.3, 0.4) is 0 Å². The first-order chi connectivity index (χ1) is 11.8. The van der Waals surface area contributed by atoms with Crippen molar-refractivity contribution in [3.8, 4) is 0 Å². The van der Waals surface area contributed by atoms with E-state index in [0.29, 0.717) is 0 Å². The molecule has 0 aliphatic carbocycles. The SMILES string of the molecule is COCCO[C@@H]1[C@H](OP(O)(O)=S)[C@@H](CO)O[C@H]1n1ccc(N)nc1=O. The van der Waals surface area contributed by atoms with Crippen LogP contribution in [0.5, 0.6) is 0 Å². The molecule has 0 bridgehead atoms. The number of aliphatic hydroxyl groups is 1. The number of nitrogens with zero attached hydrogens (tertiary/aromatic N) is 2. The van der Waals surface area contributed by atoms with Crippen LogP contribution in [-0.2, 0) is 30.5 Å². The number of hydrogen-bond acceptors (Lipinski definition) is 9. The van der Waals surface area contributed by atoms with Crippen molar-refractivity contribution >= 4 is 24.3 Å². The van der Waals surface area contributed by atoms with Crippen LogP contribution in [0.2, 0.25) is 0 Å². The number of aliphatic hydroxyl groups excluding tert-OH is 1. The standard InChI is InChI=1S/C12H20N3O8PS/c1-20-4-5-21-10-9(23-24(18,19)25)7(6-16)22-11(10)15-3-2-8(13)14-12(15)17/h2-3,7,9-11,16H,4-6H2,1H3,(H2,13,14,17)(H2,18,19,25)/t7-,9-,10-,11-/m1/s1. The molecule has 0 amide bonds. The monoisotopic (exact) mass is 397 g/mol. The maximum atomic E-state index is 12.1. The lowest BCUT2D eigenvalue weighted by atomic mass is 10.1. The summed E-state index contributed by atoms with van der Waals surface area (Å²) in [6, 6.07) is 1.39. The Balaban J connectivity index is 2.35. The average Bonchev–Trinajstić information content (AvgIpc) is 2.84. The summed E-state index contributed by atoms with van der Waals surface area (Å²) in [7, 11) is 1.48. The van der Waals surface area contributed by atoms with Gasteiger partial charge >= 0.3 is 12.4 Å². The molecule has 0 unspecified atom stereocenters. The summed E-state index contributed by atoms with van der Waals surface area (Å²) in [6.07, 6.45) is -2.77. The van der Waals surface area contributed by atoms with Gasteiger partial charge in [-0.25, -0.2) is 4.79 Å². The maximum Gasteiger partial charge on any atom is 0.351 e. The Morgan fingerprint density at radius 3 is 2.72 bits per heavy atom. The van der Waals surface area contributed by atoms with Crippen molar-refractivity contribution in [3.63, 3.8) is 0 Å². The molecule has 4 atom stereocenters. The largest absolute Gasteiger partial charge is 0.394 e. The normalized spacial score (nSPS) is 26.9. The Hall–Kier alpha value is -0.950. The smallest absolute Gasteiger partial charge is 0.351 e. The molecule has 1 fully saturated rings. The molecule has 1 saturated heterocycles. The highest BCUT2D eigenvalue weighted by molar-refractivity contribution is 8.06. The third-order valence-electron chi connectivity index (χ3n) is 3.45. The second-order valence-corrected chi connectivity index (χ2v) is 7.80. The number of ether oxygens (including phenoxy) is 3. The quantitative estimate of drug-likeness (QED) is 0.294. The van der Waals surface area contributed by atoms with E-state index in [-0.39, 0.29) is 19.0 Å². The summed E-state index contributed by atoms with van der Waals surface area (Å²) < 4.78 is 22.3. The molecule has 142 valence electrons. The van der Waals surface area contributed by atoms with Crippen molar-refractivity contribution in [1.82, 2.24) is 9.55 Å². The van der Waals surface area contributed by atoms with Gasteiger partial charge in [-0.15, -0.1) is 0 Å². The van der Waals surface area contributed by atoms with Crippen LogP contribution in [0.15, 0.2) is 17.1 Å². The number of nitrogens with two attached hydrogens (primary N) is 1. The molecule has 11 nitrogen and oxygen atoms in total. The zero-order valence-electron chi connectivity index (χ0n) is 13.3. The second kappa shape index (κ2) is 8.62. The van der Waals surface area contributed by atoms with Crippen LogP contribution >= 0.6 is 6.72 Å². The zero-order valence-corrected chi connectivity index (χ0v) is 15.0. The van der Waals surface area contributed by atoms with Crippen LogP contribution in [-0.4, -0.2) is 69.7 Å². The predicted molar refractivity (Wildman–Crippen MR) is 89.1 cm³/mol. The number of hydrogen-bond donors (Lipinski definition) is 4. The minimum absolute atomic E-state index is 0.0313. The van der Waals surface area contributed by atoms with Crippen molar-refractivity contribution in [1.29, 1.82) is 0 Å². The molecule has 0 radical (unpaired) electrons. The van der Waals surface area contributed by atoms with Crippen molar-refractivity contribution in [3.05, 3.63) is 22.7 Å². The van der Waals surface area contributed by atoms with Crippen LogP contribution < -0.4 is 11.4 Å². The molecular formula is C12H20N3O8PS. The highest BCUT2D eigenvalue weighted by Crippen LogP contribution is 2.44. The van der Waals surface area contributed by atoms with Crippen molar-refractivity contribution in [2.45, 2.75) is 24.5 Å².